The Morgan fingerprint density at radius 1 is 1.27 bits per heavy atom. The minimum Gasteiger partial charge on any atom is -0.366 e. The number of hydrogen-bond acceptors (Lipinski definition) is 2. The summed E-state index contributed by atoms with van der Waals surface area (Å²) in [5.41, 5.74) is 0. The van der Waals surface area contributed by atoms with Crippen LogP contribution in [-0.2, 0) is 4.74 Å². The predicted molar refractivity (Wildman–Crippen MR) is 46.5 cm³/mol. The summed E-state index contributed by atoms with van der Waals surface area (Å²) in [5, 5.41) is 0. The van der Waals surface area contributed by atoms with E-state index < -0.39 is 0 Å². The Bertz CT molecular complexity index is 89.6. The molecule has 11 heavy (non-hydrogen) atoms. The van der Waals surface area contributed by atoms with Gasteiger partial charge in [0.15, 0.2) is 0 Å². The van der Waals surface area contributed by atoms with Gasteiger partial charge in [-0.1, -0.05) is 13.3 Å². The zero-order valence-corrected chi connectivity index (χ0v) is 7.51. The van der Waals surface area contributed by atoms with Gasteiger partial charge in [0, 0.05) is 19.7 Å². The first-order valence-electron chi connectivity index (χ1n) is 4.73. The molecular weight excluding hydrogens is 138 g/mol. The second-order valence-electron chi connectivity index (χ2n) is 3.22. The van der Waals surface area contributed by atoms with E-state index in [0.29, 0.717) is 0 Å². The summed E-state index contributed by atoms with van der Waals surface area (Å²) in [7, 11) is 0. The van der Waals surface area contributed by atoms with E-state index in [0.717, 1.165) is 13.3 Å². The van der Waals surface area contributed by atoms with Gasteiger partial charge in [-0.3, -0.25) is 4.90 Å². The Hall–Kier alpha value is -0.0800. The molecule has 0 aromatic heterocycles. The zero-order valence-electron chi connectivity index (χ0n) is 7.51. The Labute approximate surface area is 69.5 Å². The summed E-state index contributed by atoms with van der Waals surface area (Å²) in [6.07, 6.45) is 5.15. The molecule has 1 heterocycles. The Balaban J connectivity index is 1.86. The largest absolute Gasteiger partial charge is 0.366 e. The number of hydrogen-bond donors (Lipinski definition) is 0. The summed E-state index contributed by atoms with van der Waals surface area (Å²) in [5.74, 6) is 0. The van der Waals surface area contributed by atoms with Crippen LogP contribution in [0.3, 0.4) is 0 Å². The van der Waals surface area contributed by atoms with Crippen LogP contribution < -0.4 is 0 Å². The first-order chi connectivity index (χ1) is 5.43. The molecule has 0 radical (unpaired) electrons. The van der Waals surface area contributed by atoms with Crippen molar-refractivity contribution >= 4 is 0 Å². The second kappa shape index (κ2) is 5.56. The number of nitrogens with zero attached hydrogens (tertiary/aromatic N) is 1. The van der Waals surface area contributed by atoms with Crippen molar-refractivity contribution in [3.8, 4) is 0 Å². The molecule has 0 atom stereocenters. The Kier molecular flexibility index (Phi) is 4.55. The molecule has 0 aliphatic carbocycles. The lowest BCUT2D eigenvalue weighted by Gasteiger charge is -2.13. The van der Waals surface area contributed by atoms with Crippen molar-refractivity contribution in [3.05, 3.63) is 0 Å². The molecule has 1 aliphatic rings. The summed E-state index contributed by atoms with van der Waals surface area (Å²) in [6.45, 7) is 6.48. The quantitative estimate of drug-likeness (QED) is 0.565. The molecular formula is C9H19NO. The molecule has 66 valence electrons. The van der Waals surface area contributed by atoms with Crippen molar-refractivity contribution in [2.45, 2.75) is 32.6 Å². The van der Waals surface area contributed by atoms with Crippen LogP contribution in [0.2, 0.25) is 0 Å². The van der Waals surface area contributed by atoms with Gasteiger partial charge in [0.1, 0.15) is 0 Å². The highest BCUT2D eigenvalue weighted by Crippen LogP contribution is 2.06. The van der Waals surface area contributed by atoms with E-state index in [1.54, 1.807) is 0 Å². The molecule has 0 spiro atoms. The molecule has 0 aromatic rings. The van der Waals surface area contributed by atoms with E-state index in [9.17, 15) is 0 Å². The summed E-state index contributed by atoms with van der Waals surface area (Å²) in [6, 6.07) is 0. The summed E-state index contributed by atoms with van der Waals surface area (Å²) >= 11 is 0. The molecule has 0 aromatic carbocycles. The third kappa shape index (κ3) is 3.73. The average molecular weight is 157 g/mol. The molecule has 0 unspecified atom stereocenters. The zero-order chi connectivity index (χ0) is 7.94. The number of ether oxygens (including phenoxy) is 1. The average Bonchev–Trinajstić information content (AvgIpc) is 2.50. The molecule has 0 N–H and O–H groups in total. The third-order valence-corrected chi connectivity index (χ3v) is 2.11. The molecule has 2 nitrogen and oxygen atoms in total. The molecule has 1 saturated heterocycles. The smallest absolute Gasteiger partial charge is 0.0990 e. The van der Waals surface area contributed by atoms with Crippen molar-refractivity contribution < 1.29 is 4.74 Å². The van der Waals surface area contributed by atoms with Crippen LogP contribution in [0.15, 0.2) is 0 Å². The fourth-order valence-corrected chi connectivity index (χ4v) is 1.35. The van der Waals surface area contributed by atoms with Crippen molar-refractivity contribution in [1.82, 2.24) is 4.90 Å². The van der Waals surface area contributed by atoms with Crippen LogP contribution >= 0.6 is 0 Å². The van der Waals surface area contributed by atoms with Crippen LogP contribution in [0.25, 0.3) is 0 Å². The standard InChI is InChI=1S/C9H19NO/c1-2-3-8-11-9-10-6-4-5-7-10/h2-9H2,1H3. The van der Waals surface area contributed by atoms with Crippen LogP contribution in [0.4, 0.5) is 0 Å². The predicted octanol–water partition coefficient (Wildman–Crippen LogP) is 1.86. The third-order valence-electron chi connectivity index (χ3n) is 2.11. The second-order valence-corrected chi connectivity index (χ2v) is 3.22. The Morgan fingerprint density at radius 3 is 2.64 bits per heavy atom. The van der Waals surface area contributed by atoms with Crippen LogP contribution in [0.5, 0.6) is 0 Å². The minimum atomic E-state index is 0.861. The first kappa shape index (κ1) is 9.01. The van der Waals surface area contributed by atoms with Crippen molar-refractivity contribution in [1.29, 1.82) is 0 Å². The van der Waals surface area contributed by atoms with E-state index in [1.165, 1.54) is 38.8 Å². The van der Waals surface area contributed by atoms with Crippen LogP contribution in [0, 0.1) is 0 Å². The minimum absolute atomic E-state index is 0.861. The maximum Gasteiger partial charge on any atom is 0.0990 e. The molecule has 0 bridgehead atoms. The van der Waals surface area contributed by atoms with Gasteiger partial charge in [-0.05, 0) is 19.3 Å². The fourth-order valence-electron chi connectivity index (χ4n) is 1.35. The highest BCUT2D eigenvalue weighted by atomic mass is 16.5. The van der Waals surface area contributed by atoms with Gasteiger partial charge < -0.3 is 4.74 Å². The highest BCUT2D eigenvalue weighted by molar-refractivity contribution is 4.61. The molecule has 1 fully saturated rings. The summed E-state index contributed by atoms with van der Waals surface area (Å²) < 4.78 is 5.48. The van der Waals surface area contributed by atoms with Gasteiger partial charge in [0.05, 0.1) is 6.73 Å². The van der Waals surface area contributed by atoms with Crippen LogP contribution in [-0.4, -0.2) is 31.3 Å². The lowest BCUT2D eigenvalue weighted by atomic mass is 10.4. The van der Waals surface area contributed by atoms with Gasteiger partial charge >= 0.3 is 0 Å². The molecule has 1 rings (SSSR count). The van der Waals surface area contributed by atoms with E-state index in [2.05, 4.69) is 11.8 Å². The number of likely N-dealkylation sites (tertiary alicyclic amines) is 1. The number of unbranched alkanes of at least 4 members (excludes halogenated alkanes) is 1. The maximum atomic E-state index is 5.48. The van der Waals surface area contributed by atoms with Crippen LogP contribution in [0.1, 0.15) is 32.6 Å². The van der Waals surface area contributed by atoms with Gasteiger partial charge in [-0.2, -0.15) is 0 Å². The monoisotopic (exact) mass is 157 g/mol. The molecule has 1 aliphatic heterocycles. The van der Waals surface area contributed by atoms with Gasteiger partial charge in [0.2, 0.25) is 0 Å². The maximum absolute atomic E-state index is 5.48. The fraction of sp³-hybridized carbons (Fsp3) is 1.00. The lowest BCUT2D eigenvalue weighted by Crippen LogP contribution is -2.22. The number of rotatable bonds is 5. The Morgan fingerprint density at radius 2 is 2.00 bits per heavy atom. The van der Waals surface area contributed by atoms with Gasteiger partial charge in [-0.25, -0.2) is 0 Å². The van der Waals surface area contributed by atoms with E-state index in [-0.39, 0.29) is 0 Å². The van der Waals surface area contributed by atoms with E-state index in [1.807, 2.05) is 0 Å². The van der Waals surface area contributed by atoms with Crippen molar-refractivity contribution in [3.63, 3.8) is 0 Å². The topological polar surface area (TPSA) is 12.5 Å². The first-order valence-corrected chi connectivity index (χ1v) is 4.73. The van der Waals surface area contributed by atoms with E-state index in [4.69, 9.17) is 4.74 Å². The summed E-state index contributed by atoms with van der Waals surface area (Å²) in [4.78, 5) is 2.38. The van der Waals surface area contributed by atoms with Gasteiger partial charge in [0.25, 0.3) is 0 Å². The lowest BCUT2D eigenvalue weighted by molar-refractivity contribution is 0.0403. The SMILES string of the molecule is CCCCOCN1CCCC1. The highest BCUT2D eigenvalue weighted by Gasteiger charge is 2.09. The van der Waals surface area contributed by atoms with Gasteiger partial charge in [-0.15, -0.1) is 0 Å². The molecule has 0 amide bonds. The normalized spacial score (nSPS) is 19.4. The molecule has 2 heteroatoms. The van der Waals surface area contributed by atoms with Crippen molar-refractivity contribution in [2.24, 2.45) is 0 Å². The molecule has 0 saturated carbocycles. The van der Waals surface area contributed by atoms with E-state index >= 15 is 0 Å². The van der Waals surface area contributed by atoms with Crippen molar-refractivity contribution in [2.75, 3.05) is 26.4 Å².